The zero-order valence-electron chi connectivity index (χ0n) is 14.3. The van der Waals surface area contributed by atoms with E-state index in [1.807, 2.05) is 17.8 Å². The molecule has 128 valence electrons. The summed E-state index contributed by atoms with van der Waals surface area (Å²) in [5.41, 5.74) is 2.96. The van der Waals surface area contributed by atoms with Crippen LogP contribution in [0.3, 0.4) is 0 Å². The Balaban J connectivity index is 1.96. The maximum absolute atomic E-state index is 13.2. The number of benzene rings is 1. The van der Waals surface area contributed by atoms with Gasteiger partial charge in [-0.3, -0.25) is 0 Å². The molecule has 0 unspecified atom stereocenters. The molecule has 6 heteroatoms. The van der Waals surface area contributed by atoms with Crippen LogP contribution in [0.1, 0.15) is 44.5 Å². The van der Waals surface area contributed by atoms with Gasteiger partial charge < -0.3 is 10.6 Å². The topological polar surface area (TPSA) is 59.0 Å². The number of hydrogen-bond donors (Lipinski definition) is 2. The molecule has 3 rings (SSSR count). The number of hydrogen-bond acceptors (Lipinski definition) is 2. The number of carbonyl (C=O) groups is 1. The molecule has 0 radical (unpaired) electrons. The molecular weight excluding hydrogens is 307 g/mol. The van der Waals surface area contributed by atoms with Crippen LogP contribution in [0.4, 0.5) is 9.18 Å². The second-order valence-corrected chi connectivity index (χ2v) is 7.04. The number of amides is 2. The molecule has 1 heterocycles. The molecule has 1 aromatic carbocycles. The number of nitrogens with zero attached hydrogens (tertiary/aromatic N) is 2. The molecule has 1 aliphatic carbocycles. The van der Waals surface area contributed by atoms with Gasteiger partial charge in [0.2, 0.25) is 0 Å². The number of rotatable bonds is 3. The van der Waals surface area contributed by atoms with Crippen LogP contribution in [-0.2, 0) is 6.42 Å². The highest BCUT2D eigenvalue weighted by Gasteiger charge is 2.35. The average molecular weight is 330 g/mol. The smallest absolute Gasteiger partial charge is 0.315 e. The molecule has 5 nitrogen and oxygen atoms in total. The monoisotopic (exact) mass is 330 g/mol. The third kappa shape index (κ3) is 3.27. The van der Waals surface area contributed by atoms with E-state index in [9.17, 15) is 9.18 Å². The van der Waals surface area contributed by atoms with Gasteiger partial charge in [-0.05, 0) is 49.4 Å². The number of fused-ring (bicyclic) bond motifs is 1. The summed E-state index contributed by atoms with van der Waals surface area (Å²) >= 11 is 0. The highest BCUT2D eigenvalue weighted by atomic mass is 19.1. The number of halogens is 1. The molecule has 2 aromatic rings. The first-order valence-electron chi connectivity index (χ1n) is 8.27. The number of aromatic nitrogens is 2. The molecule has 2 amide bonds. The van der Waals surface area contributed by atoms with Crippen molar-refractivity contribution in [2.45, 2.75) is 39.7 Å². The number of carbonyl (C=O) groups excluding carboxylic acids is 1. The Morgan fingerprint density at radius 3 is 2.75 bits per heavy atom. The summed E-state index contributed by atoms with van der Waals surface area (Å²) in [6.45, 7) is 6.85. The van der Waals surface area contributed by atoms with Gasteiger partial charge in [-0.15, -0.1) is 0 Å². The van der Waals surface area contributed by atoms with Crippen LogP contribution in [0.2, 0.25) is 0 Å². The van der Waals surface area contributed by atoms with Gasteiger partial charge in [0, 0.05) is 12.1 Å². The molecule has 0 saturated carbocycles. The van der Waals surface area contributed by atoms with E-state index in [1.165, 1.54) is 12.1 Å². The van der Waals surface area contributed by atoms with E-state index in [4.69, 9.17) is 0 Å². The Bertz CT molecular complexity index is 736. The van der Waals surface area contributed by atoms with Crippen molar-refractivity contribution in [2.24, 2.45) is 5.41 Å². The Morgan fingerprint density at radius 1 is 1.38 bits per heavy atom. The van der Waals surface area contributed by atoms with Gasteiger partial charge in [-0.25, -0.2) is 13.9 Å². The Morgan fingerprint density at radius 2 is 2.08 bits per heavy atom. The fourth-order valence-electron chi connectivity index (χ4n) is 3.35. The van der Waals surface area contributed by atoms with E-state index in [1.54, 1.807) is 12.1 Å². The first-order valence-corrected chi connectivity index (χ1v) is 8.27. The molecular formula is C18H23FN4O. The molecule has 1 aliphatic rings. The lowest BCUT2D eigenvalue weighted by molar-refractivity contribution is 0.221. The molecule has 2 N–H and O–H groups in total. The van der Waals surface area contributed by atoms with Crippen LogP contribution in [0.25, 0.3) is 5.69 Å². The molecule has 1 aromatic heterocycles. The Hall–Kier alpha value is -2.37. The summed E-state index contributed by atoms with van der Waals surface area (Å²) in [6.07, 6.45) is 3.52. The van der Waals surface area contributed by atoms with E-state index >= 15 is 0 Å². The number of urea groups is 1. The third-order valence-corrected chi connectivity index (χ3v) is 4.39. The van der Waals surface area contributed by atoms with Gasteiger partial charge in [0.1, 0.15) is 5.82 Å². The van der Waals surface area contributed by atoms with Gasteiger partial charge in [0.25, 0.3) is 0 Å². The van der Waals surface area contributed by atoms with E-state index < -0.39 is 0 Å². The standard InChI is InChI=1S/C18H23FN4O/c1-4-20-17(24)22-15-9-18(2,3)10-16-14(15)11-21-23(16)13-7-5-12(19)6-8-13/h5-8,11,15H,4,9-10H2,1-3H3,(H2,20,22,24)/t15-/m0/s1. The van der Waals surface area contributed by atoms with Crippen molar-refractivity contribution in [3.05, 3.63) is 47.5 Å². The molecule has 0 spiro atoms. The zero-order valence-corrected chi connectivity index (χ0v) is 14.3. The van der Waals surface area contributed by atoms with Crippen molar-refractivity contribution in [3.8, 4) is 5.69 Å². The lowest BCUT2D eigenvalue weighted by atomic mass is 9.74. The predicted molar refractivity (Wildman–Crippen MR) is 90.6 cm³/mol. The van der Waals surface area contributed by atoms with Crippen molar-refractivity contribution < 1.29 is 9.18 Å². The molecule has 1 atom stereocenters. The zero-order chi connectivity index (χ0) is 17.3. The van der Waals surface area contributed by atoms with Crippen LogP contribution >= 0.6 is 0 Å². The van der Waals surface area contributed by atoms with Crippen LogP contribution in [0, 0.1) is 11.2 Å². The average Bonchev–Trinajstić information content (AvgIpc) is 2.90. The molecule has 24 heavy (non-hydrogen) atoms. The maximum atomic E-state index is 13.2. The normalized spacial score (nSPS) is 18.8. The van der Waals surface area contributed by atoms with Crippen LogP contribution in [-0.4, -0.2) is 22.4 Å². The summed E-state index contributed by atoms with van der Waals surface area (Å²) < 4.78 is 15.0. The summed E-state index contributed by atoms with van der Waals surface area (Å²) in [5.74, 6) is -0.268. The maximum Gasteiger partial charge on any atom is 0.315 e. The lowest BCUT2D eigenvalue weighted by Crippen LogP contribution is -2.41. The SMILES string of the molecule is CCNC(=O)N[C@H]1CC(C)(C)Cc2c1cnn2-c1ccc(F)cc1. The lowest BCUT2D eigenvalue weighted by Gasteiger charge is -2.35. The van der Waals surface area contributed by atoms with E-state index in [2.05, 4.69) is 29.6 Å². The third-order valence-electron chi connectivity index (χ3n) is 4.39. The Labute approximate surface area is 141 Å². The van der Waals surface area contributed by atoms with Gasteiger partial charge >= 0.3 is 6.03 Å². The second-order valence-electron chi connectivity index (χ2n) is 7.04. The highest BCUT2D eigenvalue weighted by Crippen LogP contribution is 2.41. The van der Waals surface area contributed by atoms with Gasteiger partial charge in [0.15, 0.2) is 0 Å². The largest absolute Gasteiger partial charge is 0.338 e. The number of nitrogens with one attached hydrogen (secondary N) is 2. The van der Waals surface area contributed by atoms with Crippen molar-refractivity contribution in [1.29, 1.82) is 0 Å². The van der Waals surface area contributed by atoms with Crippen LogP contribution in [0.5, 0.6) is 0 Å². The van der Waals surface area contributed by atoms with E-state index in [0.717, 1.165) is 29.8 Å². The minimum Gasteiger partial charge on any atom is -0.338 e. The minimum atomic E-state index is -0.268. The fraction of sp³-hybridized carbons (Fsp3) is 0.444. The van der Waals surface area contributed by atoms with E-state index in [-0.39, 0.29) is 23.3 Å². The minimum absolute atomic E-state index is 0.0367. The van der Waals surface area contributed by atoms with Crippen molar-refractivity contribution in [2.75, 3.05) is 6.54 Å². The fourth-order valence-corrected chi connectivity index (χ4v) is 3.35. The second kappa shape index (κ2) is 6.26. The van der Waals surface area contributed by atoms with Gasteiger partial charge in [-0.1, -0.05) is 13.8 Å². The van der Waals surface area contributed by atoms with Crippen molar-refractivity contribution in [1.82, 2.24) is 20.4 Å². The van der Waals surface area contributed by atoms with Crippen LogP contribution in [0.15, 0.2) is 30.5 Å². The van der Waals surface area contributed by atoms with Gasteiger partial charge in [0.05, 0.1) is 23.6 Å². The van der Waals surface area contributed by atoms with Crippen molar-refractivity contribution >= 4 is 6.03 Å². The highest BCUT2D eigenvalue weighted by molar-refractivity contribution is 5.74. The van der Waals surface area contributed by atoms with Crippen molar-refractivity contribution in [3.63, 3.8) is 0 Å². The first kappa shape index (κ1) is 16.5. The molecule has 0 aliphatic heterocycles. The quantitative estimate of drug-likeness (QED) is 0.907. The molecule has 0 bridgehead atoms. The summed E-state index contributed by atoms with van der Waals surface area (Å²) in [4.78, 5) is 12.0. The summed E-state index contributed by atoms with van der Waals surface area (Å²) in [7, 11) is 0. The van der Waals surface area contributed by atoms with Gasteiger partial charge in [-0.2, -0.15) is 5.10 Å². The summed E-state index contributed by atoms with van der Waals surface area (Å²) in [6, 6.07) is 6.06. The Kier molecular flexibility index (Phi) is 4.30. The van der Waals surface area contributed by atoms with E-state index in [0.29, 0.717) is 6.54 Å². The summed E-state index contributed by atoms with van der Waals surface area (Å²) in [5, 5.41) is 10.3. The van der Waals surface area contributed by atoms with Crippen LogP contribution < -0.4 is 10.6 Å². The first-order chi connectivity index (χ1) is 11.4. The predicted octanol–water partition coefficient (Wildman–Crippen LogP) is 3.34. The molecule has 0 fully saturated rings. The molecule has 0 saturated heterocycles.